The number of hydrogen-bond acceptors (Lipinski definition) is 3. The Bertz CT molecular complexity index is 324. The van der Waals surface area contributed by atoms with Gasteiger partial charge in [-0.15, -0.1) is 0 Å². The predicted molar refractivity (Wildman–Crippen MR) is 46.5 cm³/mol. The minimum atomic E-state index is -4.83. The fraction of sp³-hybridized carbons (Fsp3) is 0.750. The molecule has 1 aliphatic rings. The molecule has 0 aromatic carbocycles. The van der Waals surface area contributed by atoms with Crippen molar-refractivity contribution in [2.45, 2.75) is 18.4 Å². The van der Waals surface area contributed by atoms with Crippen LogP contribution < -0.4 is 5.73 Å². The van der Waals surface area contributed by atoms with Gasteiger partial charge in [0.1, 0.15) is 6.04 Å². The zero-order valence-electron chi connectivity index (χ0n) is 8.54. The fourth-order valence-corrected chi connectivity index (χ4v) is 1.37. The lowest BCUT2D eigenvalue weighted by atomic mass is 10.1. The zero-order valence-corrected chi connectivity index (χ0v) is 8.54. The standard InChI is InChI=1S/C8H10F4N2O3/c9-6(10)8(11,12)7(16)14-1-2-17-3-4(14)5(13)15/h4,6H,1-3H2,(H2,13,15). The second kappa shape index (κ2) is 4.86. The summed E-state index contributed by atoms with van der Waals surface area (Å²) in [7, 11) is 0. The Morgan fingerprint density at radius 1 is 1.41 bits per heavy atom. The number of primary amides is 1. The summed E-state index contributed by atoms with van der Waals surface area (Å²) in [5, 5.41) is 0. The second-order valence-corrected chi connectivity index (χ2v) is 3.42. The molecule has 9 heteroatoms. The van der Waals surface area contributed by atoms with Gasteiger partial charge in [0.2, 0.25) is 5.91 Å². The maximum Gasteiger partial charge on any atom is 0.383 e. The first-order valence-electron chi connectivity index (χ1n) is 4.62. The van der Waals surface area contributed by atoms with Crippen LogP contribution in [0.2, 0.25) is 0 Å². The van der Waals surface area contributed by atoms with Crippen LogP contribution in [0.3, 0.4) is 0 Å². The number of amides is 2. The first-order chi connectivity index (χ1) is 7.78. The zero-order chi connectivity index (χ0) is 13.2. The van der Waals surface area contributed by atoms with E-state index >= 15 is 0 Å². The summed E-state index contributed by atoms with van der Waals surface area (Å²) in [5.74, 6) is -8.02. The molecular formula is C8H10F4N2O3. The lowest BCUT2D eigenvalue weighted by molar-refractivity contribution is -0.188. The van der Waals surface area contributed by atoms with Crippen molar-refractivity contribution < 1.29 is 31.9 Å². The summed E-state index contributed by atoms with van der Waals surface area (Å²) in [6.45, 7) is -0.871. The Morgan fingerprint density at radius 2 is 2.00 bits per heavy atom. The maximum atomic E-state index is 12.8. The van der Waals surface area contributed by atoms with Crippen LogP contribution in [0.15, 0.2) is 0 Å². The fourth-order valence-electron chi connectivity index (χ4n) is 1.37. The van der Waals surface area contributed by atoms with Gasteiger partial charge in [-0.25, -0.2) is 8.78 Å². The molecule has 0 aliphatic carbocycles. The van der Waals surface area contributed by atoms with E-state index in [1.165, 1.54) is 0 Å². The largest absolute Gasteiger partial charge is 0.383 e. The average Bonchev–Trinajstić information content (AvgIpc) is 2.27. The molecule has 0 spiro atoms. The van der Waals surface area contributed by atoms with Gasteiger partial charge in [-0.05, 0) is 0 Å². The molecule has 0 bridgehead atoms. The van der Waals surface area contributed by atoms with Gasteiger partial charge in [0.15, 0.2) is 0 Å². The van der Waals surface area contributed by atoms with Crippen LogP contribution in [0.5, 0.6) is 0 Å². The first kappa shape index (κ1) is 13.7. The molecule has 1 fully saturated rings. The number of nitrogens with two attached hydrogens (primary N) is 1. The third kappa shape index (κ3) is 2.65. The highest BCUT2D eigenvalue weighted by atomic mass is 19.3. The first-order valence-corrected chi connectivity index (χ1v) is 4.62. The third-order valence-electron chi connectivity index (χ3n) is 2.28. The lowest BCUT2D eigenvalue weighted by Crippen LogP contribution is -2.59. The van der Waals surface area contributed by atoms with E-state index in [2.05, 4.69) is 0 Å². The number of hydrogen-bond donors (Lipinski definition) is 1. The summed E-state index contributed by atoms with van der Waals surface area (Å²) < 4.78 is 54.4. The van der Waals surface area contributed by atoms with Gasteiger partial charge in [0.05, 0.1) is 13.2 Å². The van der Waals surface area contributed by atoms with Gasteiger partial charge >= 0.3 is 12.3 Å². The van der Waals surface area contributed by atoms with Crippen LogP contribution in [0.4, 0.5) is 17.6 Å². The smallest absolute Gasteiger partial charge is 0.377 e. The molecular weight excluding hydrogens is 248 g/mol. The average molecular weight is 258 g/mol. The van der Waals surface area contributed by atoms with E-state index in [0.717, 1.165) is 0 Å². The summed E-state index contributed by atoms with van der Waals surface area (Å²) in [6.07, 6.45) is -4.13. The van der Waals surface area contributed by atoms with E-state index in [-0.39, 0.29) is 19.8 Å². The molecule has 2 N–H and O–H groups in total. The van der Waals surface area contributed by atoms with Crippen LogP contribution in [-0.4, -0.2) is 54.9 Å². The van der Waals surface area contributed by atoms with Crippen molar-refractivity contribution in [1.82, 2.24) is 4.90 Å². The SMILES string of the molecule is NC(=O)C1COCCN1C(=O)C(F)(F)C(F)F. The number of halogens is 4. The minimum Gasteiger partial charge on any atom is -0.377 e. The Labute approximate surface area is 93.5 Å². The van der Waals surface area contributed by atoms with Crippen molar-refractivity contribution in [1.29, 1.82) is 0 Å². The molecule has 1 aliphatic heterocycles. The normalized spacial score (nSPS) is 21.7. The number of morpholine rings is 1. The molecule has 1 atom stereocenters. The highest BCUT2D eigenvalue weighted by Crippen LogP contribution is 2.27. The molecule has 98 valence electrons. The van der Waals surface area contributed by atoms with Gasteiger partial charge in [0.25, 0.3) is 5.91 Å². The predicted octanol–water partition coefficient (Wildman–Crippen LogP) is -0.400. The van der Waals surface area contributed by atoms with Crippen LogP contribution in [-0.2, 0) is 14.3 Å². The summed E-state index contributed by atoms with van der Waals surface area (Å²) >= 11 is 0. The molecule has 1 rings (SSSR count). The molecule has 0 saturated carbocycles. The van der Waals surface area contributed by atoms with Crippen molar-refractivity contribution >= 4 is 11.8 Å². The van der Waals surface area contributed by atoms with Crippen LogP contribution in [0.25, 0.3) is 0 Å². The number of carbonyl (C=O) groups is 2. The van der Waals surface area contributed by atoms with E-state index < -0.39 is 30.2 Å². The van der Waals surface area contributed by atoms with Gasteiger partial charge in [-0.1, -0.05) is 0 Å². The van der Waals surface area contributed by atoms with Crippen molar-refractivity contribution in [3.63, 3.8) is 0 Å². The maximum absolute atomic E-state index is 12.8. The van der Waals surface area contributed by atoms with Crippen LogP contribution >= 0.6 is 0 Å². The van der Waals surface area contributed by atoms with Gasteiger partial charge < -0.3 is 15.4 Å². The molecule has 5 nitrogen and oxygen atoms in total. The molecule has 1 saturated heterocycles. The molecule has 2 amide bonds. The Kier molecular flexibility index (Phi) is 3.91. The lowest BCUT2D eigenvalue weighted by Gasteiger charge is -2.35. The molecule has 17 heavy (non-hydrogen) atoms. The summed E-state index contributed by atoms with van der Waals surface area (Å²) in [5.41, 5.74) is 4.87. The van der Waals surface area contributed by atoms with Crippen LogP contribution in [0, 0.1) is 0 Å². The summed E-state index contributed by atoms with van der Waals surface area (Å²) in [6, 6.07) is -1.44. The topological polar surface area (TPSA) is 72.6 Å². The number of ether oxygens (including phenoxy) is 1. The summed E-state index contributed by atoms with van der Waals surface area (Å²) in [4.78, 5) is 22.4. The van der Waals surface area contributed by atoms with E-state index in [0.29, 0.717) is 4.90 Å². The molecule has 1 unspecified atom stereocenters. The van der Waals surface area contributed by atoms with Crippen molar-refractivity contribution in [3.05, 3.63) is 0 Å². The number of rotatable bonds is 3. The minimum absolute atomic E-state index is 0.116. The van der Waals surface area contributed by atoms with E-state index in [4.69, 9.17) is 10.5 Å². The molecule has 0 radical (unpaired) electrons. The van der Waals surface area contributed by atoms with Gasteiger partial charge in [-0.2, -0.15) is 8.78 Å². The molecule has 0 aromatic heterocycles. The van der Waals surface area contributed by atoms with E-state index in [9.17, 15) is 27.2 Å². The van der Waals surface area contributed by atoms with Crippen molar-refractivity contribution in [3.8, 4) is 0 Å². The monoisotopic (exact) mass is 258 g/mol. The highest BCUT2D eigenvalue weighted by Gasteiger charge is 2.53. The van der Waals surface area contributed by atoms with Gasteiger partial charge in [0, 0.05) is 6.54 Å². The Balaban J connectivity index is 2.89. The quantitative estimate of drug-likeness (QED) is 0.700. The van der Waals surface area contributed by atoms with Gasteiger partial charge in [-0.3, -0.25) is 9.59 Å². The van der Waals surface area contributed by atoms with E-state index in [1.807, 2.05) is 0 Å². The Hall–Kier alpha value is -1.38. The van der Waals surface area contributed by atoms with E-state index in [1.54, 1.807) is 0 Å². The number of alkyl halides is 4. The number of nitrogens with zero attached hydrogens (tertiary/aromatic N) is 1. The van der Waals surface area contributed by atoms with Crippen molar-refractivity contribution in [2.24, 2.45) is 5.73 Å². The highest BCUT2D eigenvalue weighted by molar-refractivity contribution is 5.90. The van der Waals surface area contributed by atoms with Crippen LogP contribution in [0.1, 0.15) is 0 Å². The third-order valence-corrected chi connectivity index (χ3v) is 2.28. The molecule has 0 aromatic rings. The van der Waals surface area contributed by atoms with Crippen molar-refractivity contribution in [2.75, 3.05) is 19.8 Å². The second-order valence-electron chi connectivity index (χ2n) is 3.42. The number of carbonyl (C=O) groups excluding carboxylic acids is 2. The Morgan fingerprint density at radius 3 is 2.47 bits per heavy atom. The molecule has 1 heterocycles.